The van der Waals surface area contributed by atoms with E-state index in [-0.39, 0.29) is 16.7 Å². The fraction of sp³-hybridized carbons (Fsp3) is 0.100. The second-order valence-corrected chi connectivity index (χ2v) is 3.58. The number of amides is 3. The van der Waals surface area contributed by atoms with Gasteiger partial charge in [0.1, 0.15) is 5.76 Å². The summed E-state index contributed by atoms with van der Waals surface area (Å²) in [6, 6.07) is -0.143. The summed E-state index contributed by atoms with van der Waals surface area (Å²) in [6.45, 7) is 0. The van der Waals surface area contributed by atoms with Crippen molar-refractivity contribution in [1.29, 1.82) is 0 Å². The molecule has 0 unspecified atom stereocenters. The summed E-state index contributed by atoms with van der Waals surface area (Å²) >= 11 is 0. The lowest BCUT2D eigenvalue weighted by atomic mass is 10.2. The molecule has 1 fully saturated rings. The van der Waals surface area contributed by atoms with Crippen molar-refractivity contribution in [3.8, 4) is 0 Å². The molecule has 2 aromatic heterocycles. The topological polar surface area (TPSA) is 84.2 Å². The Morgan fingerprint density at radius 3 is 2.82 bits per heavy atom. The van der Waals surface area contributed by atoms with Gasteiger partial charge in [-0.3, -0.25) is 15.1 Å². The summed E-state index contributed by atoms with van der Waals surface area (Å²) in [4.78, 5) is 26.0. The van der Waals surface area contributed by atoms with Crippen molar-refractivity contribution in [2.24, 2.45) is 0 Å². The van der Waals surface area contributed by atoms with Crippen molar-refractivity contribution in [3.05, 3.63) is 30.0 Å². The molecule has 2 aromatic rings. The first kappa shape index (κ1) is 9.76. The summed E-state index contributed by atoms with van der Waals surface area (Å²) in [6.07, 6.45) is 2.39. The number of imide groups is 1. The fourth-order valence-electron chi connectivity index (χ4n) is 1.71. The van der Waals surface area contributed by atoms with Gasteiger partial charge in [0, 0.05) is 0 Å². The van der Waals surface area contributed by atoms with Gasteiger partial charge in [-0.2, -0.15) is 0 Å². The van der Waals surface area contributed by atoms with E-state index in [0.29, 0.717) is 0 Å². The predicted molar refractivity (Wildman–Crippen MR) is 53.4 cm³/mol. The fourth-order valence-corrected chi connectivity index (χ4v) is 1.71. The number of hydrogen-bond acceptors (Lipinski definition) is 4. The number of fused-ring (bicyclic) bond motifs is 1. The van der Waals surface area contributed by atoms with Crippen LogP contribution in [0, 0.1) is 5.82 Å². The first-order chi connectivity index (χ1) is 8.15. The highest BCUT2D eigenvalue weighted by molar-refractivity contribution is 6.04. The number of urea groups is 1. The molecule has 17 heavy (non-hydrogen) atoms. The SMILES string of the molecule is O=C1NC(=O)[C@H](c2cc3c(F)cncc3o2)N1. The van der Waals surface area contributed by atoms with Crippen molar-refractivity contribution < 1.29 is 18.4 Å². The molecule has 1 atom stereocenters. The Morgan fingerprint density at radius 2 is 2.18 bits per heavy atom. The Balaban J connectivity index is 2.10. The van der Waals surface area contributed by atoms with Gasteiger partial charge in [0.2, 0.25) is 0 Å². The molecule has 3 rings (SSSR count). The van der Waals surface area contributed by atoms with E-state index in [0.717, 1.165) is 6.20 Å². The summed E-state index contributed by atoms with van der Waals surface area (Å²) in [5.41, 5.74) is 0.231. The first-order valence-electron chi connectivity index (χ1n) is 4.79. The molecule has 0 saturated carbocycles. The van der Waals surface area contributed by atoms with E-state index in [2.05, 4.69) is 15.6 Å². The van der Waals surface area contributed by atoms with Gasteiger partial charge in [0.15, 0.2) is 17.4 Å². The molecule has 0 aromatic carbocycles. The predicted octanol–water partition coefficient (Wildman–Crippen LogP) is 0.847. The zero-order chi connectivity index (χ0) is 12.0. The van der Waals surface area contributed by atoms with Gasteiger partial charge in [-0.1, -0.05) is 0 Å². The molecule has 1 aliphatic rings. The van der Waals surface area contributed by atoms with Gasteiger partial charge < -0.3 is 9.73 Å². The van der Waals surface area contributed by atoms with Crippen LogP contribution in [0.2, 0.25) is 0 Å². The van der Waals surface area contributed by atoms with Crippen LogP contribution in [0.3, 0.4) is 0 Å². The maximum Gasteiger partial charge on any atom is 0.322 e. The van der Waals surface area contributed by atoms with Crippen LogP contribution in [0.1, 0.15) is 11.8 Å². The zero-order valence-corrected chi connectivity index (χ0v) is 8.36. The van der Waals surface area contributed by atoms with Gasteiger partial charge in [-0.05, 0) is 6.07 Å². The van der Waals surface area contributed by atoms with Gasteiger partial charge in [0.25, 0.3) is 5.91 Å². The molecule has 3 amide bonds. The van der Waals surface area contributed by atoms with Crippen LogP contribution < -0.4 is 10.6 Å². The number of aromatic nitrogens is 1. The zero-order valence-electron chi connectivity index (χ0n) is 8.36. The third-order valence-corrected chi connectivity index (χ3v) is 2.48. The van der Waals surface area contributed by atoms with Crippen molar-refractivity contribution >= 4 is 22.9 Å². The molecule has 3 heterocycles. The molecule has 0 aliphatic carbocycles. The van der Waals surface area contributed by atoms with Crippen LogP contribution in [-0.2, 0) is 4.79 Å². The lowest BCUT2D eigenvalue weighted by Crippen LogP contribution is -2.22. The Labute approximate surface area is 93.8 Å². The molecule has 1 aliphatic heterocycles. The summed E-state index contributed by atoms with van der Waals surface area (Å²) < 4.78 is 18.6. The number of halogens is 1. The minimum absolute atomic E-state index is 0.176. The Bertz CT molecular complexity index is 637. The minimum atomic E-state index is -0.922. The smallest absolute Gasteiger partial charge is 0.322 e. The third-order valence-electron chi connectivity index (χ3n) is 2.48. The molecule has 7 heteroatoms. The molecule has 6 nitrogen and oxygen atoms in total. The van der Waals surface area contributed by atoms with E-state index in [9.17, 15) is 14.0 Å². The second kappa shape index (κ2) is 3.27. The lowest BCUT2D eigenvalue weighted by Gasteiger charge is -2.00. The van der Waals surface area contributed by atoms with Gasteiger partial charge in [0.05, 0.1) is 17.8 Å². The maximum atomic E-state index is 13.3. The summed E-state index contributed by atoms with van der Waals surface area (Å²) in [5, 5.41) is 4.66. The normalized spacial score (nSPS) is 19.5. The van der Waals surface area contributed by atoms with Gasteiger partial charge in [-0.25, -0.2) is 9.18 Å². The number of hydrogen-bond donors (Lipinski definition) is 2. The van der Waals surface area contributed by atoms with E-state index in [1.807, 2.05) is 0 Å². The molecule has 0 radical (unpaired) electrons. The van der Waals surface area contributed by atoms with Crippen LogP contribution >= 0.6 is 0 Å². The van der Waals surface area contributed by atoms with E-state index >= 15 is 0 Å². The molecule has 1 saturated heterocycles. The van der Waals surface area contributed by atoms with Crippen LogP contribution in [0.5, 0.6) is 0 Å². The van der Waals surface area contributed by atoms with Crippen molar-refractivity contribution in [2.45, 2.75) is 6.04 Å². The summed E-state index contributed by atoms with van der Waals surface area (Å²) in [7, 11) is 0. The number of nitrogens with zero attached hydrogens (tertiary/aromatic N) is 1. The third kappa shape index (κ3) is 1.43. The van der Waals surface area contributed by atoms with Crippen molar-refractivity contribution in [1.82, 2.24) is 15.6 Å². The minimum Gasteiger partial charge on any atom is -0.457 e. The maximum absolute atomic E-state index is 13.3. The number of carbonyl (C=O) groups excluding carboxylic acids is 2. The highest BCUT2D eigenvalue weighted by atomic mass is 19.1. The largest absolute Gasteiger partial charge is 0.457 e. The molecular weight excluding hydrogens is 229 g/mol. The number of carbonyl (C=O) groups is 2. The molecule has 0 bridgehead atoms. The van der Waals surface area contributed by atoms with Gasteiger partial charge in [-0.15, -0.1) is 0 Å². The lowest BCUT2D eigenvalue weighted by molar-refractivity contribution is -0.120. The average molecular weight is 235 g/mol. The Hall–Kier alpha value is -2.44. The van der Waals surface area contributed by atoms with Crippen molar-refractivity contribution in [2.75, 3.05) is 0 Å². The van der Waals surface area contributed by atoms with Gasteiger partial charge >= 0.3 is 6.03 Å². The van der Waals surface area contributed by atoms with E-state index in [1.54, 1.807) is 0 Å². The van der Waals surface area contributed by atoms with Crippen LogP contribution in [0.25, 0.3) is 11.0 Å². The van der Waals surface area contributed by atoms with E-state index < -0.39 is 23.8 Å². The van der Waals surface area contributed by atoms with E-state index in [4.69, 9.17) is 4.42 Å². The molecule has 86 valence electrons. The Kier molecular flexibility index (Phi) is 1.88. The van der Waals surface area contributed by atoms with Crippen molar-refractivity contribution in [3.63, 3.8) is 0 Å². The van der Waals surface area contributed by atoms with E-state index in [1.165, 1.54) is 12.3 Å². The quantitative estimate of drug-likeness (QED) is 0.717. The van der Waals surface area contributed by atoms with Crippen LogP contribution in [0.15, 0.2) is 22.9 Å². The highest BCUT2D eigenvalue weighted by Gasteiger charge is 2.33. The summed E-state index contributed by atoms with van der Waals surface area (Å²) in [5.74, 6) is -0.889. The number of furan rings is 1. The number of pyridine rings is 1. The average Bonchev–Trinajstić information content (AvgIpc) is 2.82. The molecule has 2 N–H and O–H groups in total. The molecular formula is C10H6FN3O3. The number of rotatable bonds is 1. The van der Waals surface area contributed by atoms with Crippen LogP contribution in [0.4, 0.5) is 9.18 Å². The number of nitrogens with one attached hydrogen (secondary N) is 2. The highest BCUT2D eigenvalue weighted by Crippen LogP contribution is 2.26. The first-order valence-corrected chi connectivity index (χ1v) is 4.79. The monoisotopic (exact) mass is 235 g/mol. The van der Waals surface area contributed by atoms with Crippen LogP contribution in [-0.4, -0.2) is 16.9 Å². The standard InChI is InChI=1S/C10H6FN3O3/c11-5-2-12-3-7-4(5)1-6(17-7)8-9(15)14-10(16)13-8/h1-3,8H,(H2,13,14,15,16)/t8-/m0/s1. The molecule has 0 spiro atoms. The Morgan fingerprint density at radius 1 is 1.35 bits per heavy atom. The second-order valence-electron chi connectivity index (χ2n) is 3.58.